The third kappa shape index (κ3) is 5.57. The molecular weight excluding hydrogens is 537 g/mol. The Kier molecular flexibility index (Phi) is 8.04. The maximum Gasteiger partial charge on any atom is 0.301 e. The van der Waals surface area contributed by atoms with Crippen molar-refractivity contribution in [2.45, 2.75) is 29.5 Å². The average Bonchev–Trinajstić information content (AvgIpc) is 3.53. The highest BCUT2D eigenvalue weighted by molar-refractivity contribution is 8.00. The summed E-state index contributed by atoms with van der Waals surface area (Å²) < 4.78 is 20.4. The Hall–Kier alpha value is -4.02. The molecule has 1 saturated heterocycles. The number of hydrogen-bond acceptors (Lipinski definition) is 8. The lowest BCUT2D eigenvalue weighted by Crippen LogP contribution is -2.29. The summed E-state index contributed by atoms with van der Waals surface area (Å²) in [6.45, 7) is 2.50. The molecule has 1 aromatic heterocycles. The molecule has 1 atom stereocenters. The summed E-state index contributed by atoms with van der Waals surface area (Å²) in [5, 5.41) is 19.8. The summed E-state index contributed by atoms with van der Waals surface area (Å²) in [6, 6.07) is 21.2. The molecule has 0 bridgehead atoms. The molecule has 1 aliphatic rings. The van der Waals surface area contributed by atoms with E-state index in [2.05, 4.69) is 10.2 Å². The molecule has 0 aliphatic carbocycles. The largest absolute Gasteiger partial charge is 0.507 e. The number of nitrogens with zero attached hydrogens (tertiary/aromatic N) is 3. The number of amides is 1. The first kappa shape index (κ1) is 26.6. The summed E-state index contributed by atoms with van der Waals surface area (Å²) in [6.07, 6.45) is 0.814. The average molecular weight is 562 g/mol. The van der Waals surface area contributed by atoms with Crippen LogP contribution < -0.4 is 9.64 Å². The van der Waals surface area contributed by atoms with E-state index in [0.29, 0.717) is 39.1 Å². The minimum absolute atomic E-state index is 0.0467. The second-order valence-electron chi connectivity index (χ2n) is 8.69. The van der Waals surface area contributed by atoms with Crippen LogP contribution in [-0.4, -0.2) is 33.6 Å². The van der Waals surface area contributed by atoms with Gasteiger partial charge in [0, 0.05) is 11.3 Å². The van der Waals surface area contributed by atoms with E-state index in [9.17, 15) is 19.1 Å². The summed E-state index contributed by atoms with van der Waals surface area (Å²) in [7, 11) is 0. The molecule has 0 spiro atoms. The fraction of sp³-hybridized carbons (Fsp3) is 0.172. The summed E-state index contributed by atoms with van der Waals surface area (Å²) in [4.78, 5) is 28.0. The molecule has 0 radical (unpaired) electrons. The standard InChI is InChI=1S/C29H24FN3O4S2/c1-2-15-37-21-13-8-12-19(16-21)24-23(25(34)18-9-4-3-5-10-18)26(35)27(36)33(24)28-31-32-29(39-28)38-17-20-11-6-7-14-22(20)30/h3-14,16,24,34H,2,15,17H2,1H3. The number of carbonyl (C=O) groups is 2. The highest BCUT2D eigenvalue weighted by Crippen LogP contribution is 2.44. The SMILES string of the molecule is CCCOc1cccc(C2C(=C(O)c3ccccc3)C(=O)C(=O)N2c2nnc(SCc3ccccc3F)s2)c1. The maximum absolute atomic E-state index is 14.1. The Balaban J connectivity index is 1.54. The number of rotatable bonds is 9. The lowest BCUT2D eigenvalue weighted by Gasteiger charge is -2.23. The van der Waals surface area contributed by atoms with Gasteiger partial charge in [-0.1, -0.05) is 90.7 Å². The van der Waals surface area contributed by atoms with E-state index < -0.39 is 17.7 Å². The zero-order valence-corrected chi connectivity index (χ0v) is 22.5. The lowest BCUT2D eigenvalue weighted by molar-refractivity contribution is -0.132. The first-order valence-electron chi connectivity index (χ1n) is 12.3. The molecule has 198 valence electrons. The summed E-state index contributed by atoms with van der Waals surface area (Å²) in [5.41, 5.74) is 1.47. The molecule has 1 fully saturated rings. The van der Waals surface area contributed by atoms with Gasteiger partial charge in [0.15, 0.2) is 4.34 Å². The quantitative estimate of drug-likeness (QED) is 0.0833. The third-order valence-electron chi connectivity index (χ3n) is 6.05. The van der Waals surface area contributed by atoms with Crippen molar-refractivity contribution in [2.24, 2.45) is 0 Å². The number of thioether (sulfide) groups is 1. The van der Waals surface area contributed by atoms with Crippen LogP contribution in [0.5, 0.6) is 5.75 Å². The second kappa shape index (κ2) is 11.8. The number of carbonyl (C=O) groups excluding carboxylic acids is 2. The second-order valence-corrected chi connectivity index (χ2v) is 10.9. The van der Waals surface area contributed by atoms with Crippen molar-refractivity contribution in [3.05, 3.63) is 107 Å². The zero-order chi connectivity index (χ0) is 27.4. The number of aromatic nitrogens is 2. The van der Waals surface area contributed by atoms with Gasteiger partial charge in [-0.2, -0.15) is 0 Å². The number of aliphatic hydroxyl groups is 1. The molecule has 1 N–H and O–H groups in total. The zero-order valence-electron chi connectivity index (χ0n) is 20.9. The summed E-state index contributed by atoms with van der Waals surface area (Å²) >= 11 is 2.41. The van der Waals surface area contributed by atoms with Gasteiger partial charge in [0.2, 0.25) is 5.13 Å². The number of ketones is 1. The number of hydrogen-bond donors (Lipinski definition) is 1. The van der Waals surface area contributed by atoms with Crippen LogP contribution in [0.1, 0.15) is 36.1 Å². The van der Waals surface area contributed by atoms with Crippen LogP contribution in [0.4, 0.5) is 9.52 Å². The highest BCUT2D eigenvalue weighted by Gasteiger charge is 2.48. The van der Waals surface area contributed by atoms with E-state index in [1.807, 2.05) is 6.92 Å². The van der Waals surface area contributed by atoms with Gasteiger partial charge < -0.3 is 9.84 Å². The molecule has 39 heavy (non-hydrogen) atoms. The van der Waals surface area contributed by atoms with E-state index in [4.69, 9.17) is 4.74 Å². The number of halogens is 1. The number of Topliss-reactive ketones (excluding diaryl/α,β-unsaturated/α-hetero) is 1. The smallest absolute Gasteiger partial charge is 0.301 e. The van der Waals surface area contributed by atoms with Crippen LogP contribution in [-0.2, 0) is 15.3 Å². The van der Waals surface area contributed by atoms with Crippen molar-refractivity contribution in [3.8, 4) is 5.75 Å². The number of benzene rings is 3. The first-order valence-corrected chi connectivity index (χ1v) is 14.1. The monoisotopic (exact) mass is 561 g/mol. The Morgan fingerprint density at radius 2 is 1.82 bits per heavy atom. The van der Waals surface area contributed by atoms with Crippen LogP contribution in [0.3, 0.4) is 0 Å². The molecule has 7 nitrogen and oxygen atoms in total. The van der Waals surface area contributed by atoms with Crippen LogP contribution >= 0.6 is 23.1 Å². The molecule has 10 heteroatoms. The molecule has 3 aromatic carbocycles. The fourth-order valence-corrected chi connectivity index (χ4v) is 6.06. The van der Waals surface area contributed by atoms with Crippen LogP contribution in [0.2, 0.25) is 0 Å². The Bertz CT molecular complexity index is 1540. The predicted molar refractivity (Wildman–Crippen MR) is 149 cm³/mol. The molecule has 1 unspecified atom stereocenters. The molecule has 1 amide bonds. The van der Waals surface area contributed by atoms with Gasteiger partial charge in [-0.3, -0.25) is 14.5 Å². The van der Waals surface area contributed by atoms with E-state index in [-0.39, 0.29) is 22.3 Å². The van der Waals surface area contributed by atoms with Gasteiger partial charge >= 0.3 is 5.91 Å². The maximum atomic E-state index is 14.1. The molecule has 5 rings (SSSR count). The molecule has 1 aliphatic heterocycles. The Morgan fingerprint density at radius 1 is 1.05 bits per heavy atom. The van der Waals surface area contributed by atoms with Gasteiger partial charge in [-0.25, -0.2) is 4.39 Å². The number of ether oxygens (including phenoxy) is 1. The first-order chi connectivity index (χ1) is 19.0. The lowest BCUT2D eigenvalue weighted by atomic mass is 9.95. The van der Waals surface area contributed by atoms with E-state index in [1.165, 1.54) is 22.7 Å². The van der Waals surface area contributed by atoms with Crippen LogP contribution in [0.15, 0.2) is 88.8 Å². The normalized spacial score (nSPS) is 16.6. The van der Waals surface area contributed by atoms with Crippen LogP contribution in [0.25, 0.3) is 5.76 Å². The summed E-state index contributed by atoms with van der Waals surface area (Å²) in [5.74, 6) is -1.32. The highest BCUT2D eigenvalue weighted by atomic mass is 32.2. The van der Waals surface area contributed by atoms with Crippen molar-refractivity contribution in [1.82, 2.24) is 10.2 Å². The van der Waals surface area contributed by atoms with Gasteiger partial charge in [0.1, 0.15) is 17.3 Å². The van der Waals surface area contributed by atoms with Gasteiger partial charge in [0.05, 0.1) is 18.2 Å². The van der Waals surface area contributed by atoms with Crippen LogP contribution in [0, 0.1) is 5.82 Å². The van der Waals surface area contributed by atoms with Gasteiger partial charge in [0.25, 0.3) is 5.78 Å². The topological polar surface area (TPSA) is 92.6 Å². The van der Waals surface area contributed by atoms with E-state index >= 15 is 0 Å². The minimum Gasteiger partial charge on any atom is -0.507 e. The molecule has 4 aromatic rings. The van der Waals surface area contributed by atoms with Gasteiger partial charge in [-0.15, -0.1) is 10.2 Å². The molecular formula is C29H24FN3O4S2. The molecule has 2 heterocycles. The number of aliphatic hydroxyl groups excluding tert-OH is 1. The van der Waals surface area contributed by atoms with Crippen molar-refractivity contribution >= 4 is 45.7 Å². The Labute approximate surface area is 233 Å². The minimum atomic E-state index is -0.951. The number of anilines is 1. The molecule has 0 saturated carbocycles. The van der Waals surface area contributed by atoms with E-state index in [0.717, 1.165) is 17.8 Å². The van der Waals surface area contributed by atoms with Crippen molar-refractivity contribution in [2.75, 3.05) is 11.5 Å². The van der Waals surface area contributed by atoms with Crippen molar-refractivity contribution in [3.63, 3.8) is 0 Å². The van der Waals surface area contributed by atoms with E-state index in [1.54, 1.807) is 72.8 Å². The Morgan fingerprint density at radius 3 is 2.59 bits per heavy atom. The third-order valence-corrected chi connectivity index (χ3v) is 8.15. The van der Waals surface area contributed by atoms with Crippen molar-refractivity contribution < 1.29 is 23.8 Å². The fourth-order valence-electron chi connectivity index (χ4n) is 4.20. The predicted octanol–water partition coefficient (Wildman–Crippen LogP) is 6.38. The van der Waals surface area contributed by atoms with Gasteiger partial charge in [-0.05, 0) is 35.7 Å². The van der Waals surface area contributed by atoms with Crippen molar-refractivity contribution in [1.29, 1.82) is 0 Å².